The van der Waals surface area contributed by atoms with Gasteiger partial charge in [0, 0.05) is 31.5 Å². The molecule has 0 spiro atoms. The molecule has 0 aliphatic carbocycles. The number of nitrogens with zero attached hydrogens (tertiary/aromatic N) is 2. The first-order valence-corrected chi connectivity index (χ1v) is 14.3. The van der Waals surface area contributed by atoms with Crippen molar-refractivity contribution in [2.75, 3.05) is 36.3 Å². The average Bonchev–Trinajstić information content (AvgIpc) is 2.88. The lowest BCUT2D eigenvalue weighted by atomic mass is 10.1. The van der Waals surface area contributed by atoms with E-state index in [4.69, 9.17) is 38.0 Å². The Morgan fingerprint density at radius 2 is 1.90 bits per heavy atom. The summed E-state index contributed by atoms with van der Waals surface area (Å²) in [4.78, 5) is 24.9. The Balaban J connectivity index is 1.82. The number of anilines is 1. The second-order valence-corrected chi connectivity index (χ2v) is 11.1. The van der Waals surface area contributed by atoms with Crippen LogP contribution in [0.2, 0.25) is 5.02 Å². The van der Waals surface area contributed by atoms with Gasteiger partial charge >= 0.3 is 12.0 Å². The van der Waals surface area contributed by atoms with Gasteiger partial charge in [-0.25, -0.2) is 13.2 Å². The van der Waals surface area contributed by atoms with Gasteiger partial charge in [-0.3, -0.25) is 14.5 Å². The average molecular weight is 578 g/mol. The number of esters is 1. The number of piperidine rings is 1. The molecule has 3 rings (SSSR count). The van der Waals surface area contributed by atoms with Gasteiger partial charge in [0.25, 0.3) is 0 Å². The molecule has 0 saturated carbocycles. The zero-order chi connectivity index (χ0) is 28.6. The van der Waals surface area contributed by atoms with E-state index in [2.05, 4.69) is 0 Å². The van der Waals surface area contributed by atoms with Crippen LogP contribution >= 0.6 is 11.6 Å². The molecule has 2 aromatic carbocycles. The summed E-state index contributed by atoms with van der Waals surface area (Å²) in [6, 6.07) is 11.0. The Labute approximate surface area is 232 Å². The van der Waals surface area contributed by atoms with Crippen molar-refractivity contribution in [3.05, 3.63) is 64.7 Å². The summed E-state index contributed by atoms with van der Waals surface area (Å²) in [5.41, 5.74) is 12.4. The molecular weight excluding hydrogens is 546 g/mol. The molecule has 210 valence electrons. The van der Waals surface area contributed by atoms with Crippen molar-refractivity contribution in [3.63, 3.8) is 0 Å². The number of carbonyl (C=O) groups excluding carboxylic acids is 2. The molecular formula is C26H32ClN5O6S. The summed E-state index contributed by atoms with van der Waals surface area (Å²) < 4.78 is 38.4. The van der Waals surface area contributed by atoms with Crippen molar-refractivity contribution < 1.29 is 27.5 Å². The summed E-state index contributed by atoms with van der Waals surface area (Å²) >= 11 is 6.48. The number of rotatable bonds is 11. The SMILES string of the molecule is CCOC(=O)CS(=O)(=O)N(CC=Cc1cccc(C(=N)N)c1)c1ccc(OC2CCN(C(N)=O)CC2)c(Cl)c1. The number of hydrogen-bond acceptors (Lipinski definition) is 7. The van der Waals surface area contributed by atoms with E-state index in [0.717, 1.165) is 9.87 Å². The highest BCUT2D eigenvalue weighted by Crippen LogP contribution is 2.32. The predicted molar refractivity (Wildman–Crippen MR) is 151 cm³/mol. The van der Waals surface area contributed by atoms with E-state index >= 15 is 0 Å². The lowest BCUT2D eigenvalue weighted by Crippen LogP contribution is -2.44. The van der Waals surface area contributed by atoms with Crippen LogP contribution in [0.4, 0.5) is 10.5 Å². The summed E-state index contributed by atoms with van der Waals surface area (Å²) in [6.07, 6.45) is 4.29. The highest BCUT2D eigenvalue weighted by molar-refractivity contribution is 7.93. The van der Waals surface area contributed by atoms with Crippen molar-refractivity contribution in [1.82, 2.24) is 4.90 Å². The van der Waals surface area contributed by atoms with Gasteiger partial charge in [-0.1, -0.05) is 42.0 Å². The Morgan fingerprint density at radius 3 is 2.51 bits per heavy atom. The molecule has 2 aromatic rings. The molecule has 1 fully saturated rings. The molecule has 0 radical (unpaired) electrons. The van der Waals surface area contributed by atoms with Gasteiger partial charge in [-0.2, -0.15) is 0 Å². The van der Waals surface area contributed by atoms with Crippen LogP contribution in [0.5, 0.6) is 5.75 Å². The van der Waals surface area contributed by atoms with Crippen LogP contribution in [0.1, 0.15) is 30.9 Å². The van der Waals surface area contributed by atoms with E-state index in [1.807, 2.05) is 0 Å². The van der Waals surface area contributed by atoms with E-state index in [0.29, 0.717) is 37.2 Å². The number of nitrogens with two attached hydrogens (primary N) is 2. The fourth-order valence-corrected chi connectivity index (χ4v) is 5.52. The summed E-state index contributed by atoms with van der Waals surface area (Å²) in [5, 5.41) is 7.79. The van der Waals surface area contributed by atoms with Crippen LogP contribution in [-0.2, 0) is 19.6 Å². The number of carbonyl (C=O) groups is 2. The first-order valence-electron chi connectivity index (χ1n) is 12.3. The first kappa shape index (κ1) is 29.8. The third-order valence-corrected chi connectivity index (χ3v) is 7.90. The van der Waals surface area contributed by atoms with Gasteiger partial charge in [0.05, 0.1) is 23.9 Å². The van der Waals surface area contributed by atoms with E-state index in [9.17, 15) is 18.0 Å². The van der Waals surface area contributed by atoms with Gasteiger partial charge in [0.1, 0.15) is 17.7 Å². The quantitative estimate of drug-likeness (QED) is 0.209. The topological polar surface area (TPSA) is 169 Å². The predicted octanol–water partition coefficient (Wildman–Crippen LogP) is 2.96. The van der Waals surface area contributed by atoms with E-state index in [1.165, 1.54) is 6.07 Å². The number of sulfonamides is 1. The molecule has 1 aliphatic heterocycles. The van der Waals surface area contributed by atoms with Crippen molar-refractivity contribution in [3.8, 4) is 5.75 Å². The number of ether oxygens (including phenoxy) is 2. The molecule has 1 saturated heterocycles. The monoisotopic (exact) mass is 577 g/mol. The largest absolute Gasteiger partial charge is 0.489 e. The smallest absolute Gasteiger partial charge is 0.323 e. The summed E-state index contributed by atoms with van der Waals surface area (Å²) in [7, 11) is -4.14. The van der Waals surface area contributed by atoms with Crippen molar-refractivity contribution >= 4 is 51.2 Å². The lowest BCUT2D eigenvalue weighted by molar-refractivity contribution is -0.139. The molecule has 5 N–H and O–H groups in total. The number of urea groups is 1. The van der Waals surface area contributed by atoms with Crippen molar-refractivity contribution in [2.45, 2.75) is 25.9 Å². The molecule has 1 aliphatic rings. The molecule has 11 nitrogen and oxygen atoms in total. The third-order valence-electron chi connectivity index (χ3n) is 5.97. The second kappa shape index (κ2) is 13.3. The minimum absolute atomic E-state index is 0.0526. The molecule has 1 heterocycles. The highest BCUT2D eigenvalue weighted by Gasteiger charge is 2.27. The molecule has 0 aromatic heterocycles. The van der Waals surface area contributed by atoms with Gasteiger partial charge in [-0.05, 0) is 36.8 Å². The standard InChI is InChI=1S/C26H32ClN5O6S/c1-2-37-24(33)17-39(35,36)32(12-4-6-18-5-3-7-19(15-18)25(28)29)20-8-9-23(22(27)16-20)38-21-10-13-31(14-11-21)26(30)34/h3-9,15-16,21H,2,10-14,17H2,1H3,(H3,28,29)(H2,30,34). The number of amides is 2. The van der Waals surface area contributed by atoms with Crippen LogP contribution in [0.3, 0.4) is 0 Å². The summed E-state index contributed by atoms with van der Waals surface area (Å²) in [6.45, 7) is 2.48. The van der Waals surface area contributed by atoms with Gasteiger partial charge in [0.15, 0.2) is 5.75 Å². The number of nitrogens with one attached hydrogen (secondary N) is 1. The number of nitrogen functional groups attached to an aromatic ring is 1. The maximum absolute atomic E-state index is 13.2. The molecule has 2 amide bonds. The van der Waals surface area contributed by atoms with Crippen LogP contribution in [0.15, 0.2) is 48.5 Å². The molecule has 39 heavy (non-hydrogen) atoms. The minimum Gasteiger partial charge on any atom is -0.489 e. The maximum atomic E-state index is 13.2. The molecule has 0 bridgehead atoms. The number of primary amides is 1. The zero-order valence-electron chi connectivity index (χ0n) is 21.5. The van der Waals surface area contributed by atoms with Gasteiger partial charge in [-0.15, -0.1) is 0 Å². The van der Waals surface area contributed by atoms with Crippen LogP contribution in [0.25, 0.3) is 6.08 Å². The fourth-order valence-electron chi connectivity index (χ4n) is 4.02. The van der Waals surface area contributed by atoms with Crippen LogP contribution < -0.4 is 20.5 Å². The maximum Gasteiger partial charge on any atom is 0.323 e. The zero-order valence-corrected chi connectivity index (χ0v) is 23.1. The fraction of sp³-hybridized carbons (Fsp3) is 0.346. The number of likely N-dealkylation sites (tertiary alicyclic amines) is 1. The first-order chi connectivity index (χ1) is 18.5. The Morgan fingerprint density at radius 1 is 1.18 bits per heavy atom. The number of amidine groups is 1. The van der Waals surface area contributed by atoms with E-state index in [-0.39, 0.29) is 35.8 Å². The normalized spacial score (nSPS) is 14.3. The van der Waals surface area contributed by atoms with Gasteiger partial charge in [0.2, 0.25) is 10.0 Å². The Bertz CT molecular complexity index is 1340. The third kappa shape index (κ3) is 8.36. The number of benzene rings is 2. The Hall–Kier alpha value is -3.77. The van der Waals surface area contributed by atoms with E-state index < -0.39 is 27.8 Å². The van der Waals surface area contributed by atoms with Crippen molar-refractivity contribution in [2.24, 2.45) is 11.5 Å². The molecule has 0 atom stereocenters. The second-order valence-electron chi connectivity index (χ2n) is 8.79. The van der Waals surface area contributed by atoms with Crippen LogP contribution in [-0.4, -0.2) is 69.3 Å². The minimum atomic E-state index is -4.14. The lowest BCUT2D eigenvalue weighted by Gasteiger charge is -2.31. The molecule has 0 unspecified atom stereocenters. The van der Waals surface area contributed by atoms with Crippen LogP contribution in [0, 0.1) is 5.41 Å². The highest BCUT2D eigenvalue weighted by atomic mass is 35.5. The van der Waals surface area contributed by atoms with E-state index in [1.54, 1.807) is 60.4 Å². The van der Waals surface area contributed by atoms with Gasteiger partial charge < -0.3 is 25.8 Å². The number of hydrogen-bond donors (Lipinski definition) is 3. The van der Waals surface area contributed by atoms with Crippen molar-refractivity contribution in [1.29, 1.82) is 5.41 Å². The molecule has 13 heteroatoms. The number of halogens is 1. The summed E-state index contributed by atoms with van der Waals surface area (Å²) in [5.74, 6) is -1.42. The Kier molecular flexibility index (Phi) is 10.2.